The minimum absolute atomic E-state index is 0.811. The van der Waals surface area contributed by atoms with Crippen molar-refractivity contribution in [3.63, 3.8) is 0 Å². The Morgan fingerprint density at radius 3 is 1.07 bits per heavy atom. The smallest absolute Gasteiger partial charge is 0.322 e. The van der Waals surface area contributed by atoms with Crippen molar-refractivity contribution < 1.29 is 17.1 Å². The van der Waals surface area contributed by atoms with Crippen molar-refractivity contribution in [1.29, 1.82) is 0 Å². The van der Waals surface area contributed by atoms with Crippen molar-refractivity contribution in [3.8, 4) is 0 Å². The second-order valence-corrected chi connectivity index (χ2v) is 20.2. The van der Waals surface area contributed by atoms with E-state index in [1.165, 1.54) is 64.2 Å². The lowest BCUT2D eigenvalue weighted by molar-refractivity contribution is 0.199. The first kappa shape index (κ1) is 29.5. The fourth-order valence-corrected chi connectivity index (χ4v) is 15.4. The summed E-state index contributed by atoms with van der Waals surface area (Å²) >= 11 is 0. The average Bonchev–Trinajstić information content (AvgIpc) is 2.58. The van der Waals surface area contributed by atoms with Gasteiger partial charge in [0.05, 0.1) is 0 Å². The number of hydrogen-bond acceptors (Lipinski definition) is 4. The Morgan fingerprint density at radius 2 is 0.724 bits per heavy atom. The van der Waals surface area contributed by atoms with Gasteiger partial charge in [-0.25, -0.2) is 0 Å². The molecule has 176 valence electrons. The summed E-state index contributed by atoms with van der Waals surface area (Å²) in [6.45, 7) is 19.0. The first-order chi connectivity index (χ1) is 13.5. The van der Waals surface area contributed by atoms with Gasteiger partial charge >= 0.3 is 25.7 Å². The van der Waals surface area contributed by atoms with Crippen LogP contribution in [0.5, 0.6) is 0 Å². The summed E-state index contributed by atoms with van der Waals surface area (Å²) in [6, 6.07) is 0. The van der Waals surface area contributed by atoms with Crippen molar-refractivity contribution in [2.75, 3.05) is 13.2 Å². The molecule has 0 bridgehead atoms. The third kappa shape index (κ3) is 18.9. The molecule has 0 aromatic carbocycles. The molecule has 0 unspecified atom stereocenters. The molecule has 0 saturated carbocycles. The molecule has 0 radical (unpaired) electrons. The first-order valence-electron chi connectivity index (χ1n) is 12.2. The molecule has 0 saturated heterocycles. The van der Waals surface area contributed by atoms with E-state index < -0.39 is 25.7 Å². The van der Waals surface area contributed by atoms with Crippen LogP contribution < -0.4 is 0 Å². The molecule has 7 heteroatoms. The van der Waals surface area contributed by atoms with E-state index in [-0.39, 0.29) is 0 Å². The lowest BCUT2D eigenvalue weighted by Gasteiger charge is -2.37. The second-order valence-electron chi connectivity index (χ2n) is 9.64. The predicted octanol–water partition coefficient (Wildman–Crippen LogP) is 7.88. The van der Waals surface area contributed by atoms with Crippen molar-refractivity contribution in [2.45, 2.75) is 130 Å². The highest BCUT2D eigenvalue weighted by Crippen LogP contribution is 2.22. The largest absolute Gasteiger partial charge is 0.415 e. The van der Waals surface area contributed by atoms with Gasteiger partial charge in [0.2, 0.25) is 0 Å². The number of hydrogen-bond donors (Lipinski definition) is 0. The molecular formula is C22H52O4Si3. The van der Waals surface area contributed by atoms with Gasteiger partial charge in [0.1, 0.15) is 0 Å². The van der Waals surface area contributed by atoms with Gasteiger partial charge in [-0.1, -0.05) is 78.1 Å². The zero-order valence-electron chi connectivity index (χ0n) is 21.0. The molecular weight excluding hydrogens is 412 g/mol. The zero-order chi connectivity index (χ0) is 22.2. The molecule has 0 rings (SSSR count). The van der Waals surface area contributed by atoms with Gasteiger partial charge < -0.3 is 17.1 Å². The van der Waals surface area contributed by atoms with Crippen LogP contribution in [0.15, 0.2) is 0 Å². The summed E-state index contributed by atoms with van der Waals surface area (Å²) in [5.74, 6) is 0. The van der Waals surface area contributed by atoms with Crippen LogP contribution in [-0.2, 0) is 17.1 Å². The standard InChI is InChI=1S/C22H52O4Si3/c1-9-11-13-15-17-19-21-23-27(3,4)25-29(7,8)26-28(5,6)24-22-20-18-16-14-12-10-2/h9-22H2,1-8H3. The molecule has 0 amide bonds. The van der Waals surface area contributed by atoms with E-state index in [0.29, 0.717) is 0 Å². The number of rotatable bonds is 20. The van der Waals surface area contributed by atoms with E-state index in [1.54, 1.807) is 0 Å². The Bertz CT molecular complexity index is 356. The topological polar surface area (TPSA) is 36.9 Å². The highest BCUT2D eigenvalue weighted by atomic mass is 28.5. The van der Waals surface area contributed by atoms with E-state index in [2.05, 4.69) is 53.1 Å². The van der Waals surface area contributed by atoms with Gasteiger partial charge in [-0.2, -0.15) is 0 Å². The predicted molar refractivity (Wildman–Crippen MR) is 133 cm³/mol. The fraction of sp³-hybridized carbons (Fsp3) is 1.00. The normalized spacial score (nSPS) is 13.2. The maximum absolute atomic E-state index is 6.47. The van der Waals surface area contributed by atoms with Crippen molar-refractivity contribution >= 4 is 25.7 Å². The molecule has 4 nitrogen and oxygen atoms in total. The van der Waals surface area contributed by atoms with Gasteiger partial charge in [0.25, 0.3) is 0 Å². The van der Waals surface area contributed by atoms with Crippen LogP contribution in [0.1, 0.15) is 90.9 Å². The third-order valence-electron chi connectivity index (χ3n) is 4.88. The van der Waals surface area contributed by atoms with Crippen molar-refractivity contribution in [1.82, 2.24) is 0 Å². The minimum Gasteiger partial charge on any atom is -0.415 e. The molecule has 0 aliphatic heterocycles. The monoisotopic (exact) mass is 464 g/mol. The van der Waals surface area contributed by atoms with Gasteiger partial charge in [-0.3, -0.25) is 0 Å². The average molecular weight is 465 g/mol. The van der Waals surface area contributed by atoms with Crippen molar-refractivity contribution in [3.05, 3.63) is 0 Å². The lowest BCUT2D eigenvalue weighted by atomic mass is 10.1. The van der Waals surface area contributed by atoms with E-state index >= 15 is 0 Å². The Morgan fingerprint density at radius 1 is 0.414 bits per heavy atom. The maximum atomic E-state index is 6.47. The molecule has 0 spiro atoms. The van der Waals surface area contributed by atoms with E-state index in [0.717, 1.165) is 26.1 Å². The second kappa shape index (κ2) is 16.2. The van der Waals surface area contributed by atoms with Gasteiger partial charge in [-0.05, 0) is 52.1 Å². The third-order valence-corrected chi connectivity index (χ3v) is 14.5. The van der Waals surface area contributed by atoms with E-state index in [1.807, 2.05) is 0 Å². The Hall–Kier alpha value is 0.491. The van der Waals surface area contributed by atoms with Crippen LogP contribution in [0, 0.1) is 0 Å². The quantitative estimate of drug-likeness (QED) is 0.136. The van der Waals surface area contributed by atoms with Gasteiger partial charge in [0, 0.05) is 13.2 Å². The summed E-state index contributed by atoms with van der Waals surface area (Å²) in [7, 11) is -6.61. The summed E-state index contributed by atoms with van der Waals surface area (Å²) in [5, 5.41) is 0. The molecule has 0 aliphatic carbocycles. The van der Waals surface area contributed by atoms with Crippen LogP contribution >= 0.6 is 0 Å². The first-order valence-corrected chi connectivity index (χ1v) is 20.7. The molecule has 0 atom stereocenters. The Kier molecular flexibility index (Phi) is 16.4. The van der Waals surface area contributed by atoms with Gasteiger partial charge in [0.15, 0.2) is 0 Å². The Labute approximate surface area is 186 Å². The van der Waals surface area contributed by atoms with Crippen LogP contribution in [0.25, 0.3) is 0 Å². The highest BCUT2D eigenvalue weighted by molar-refractivity contribution is 6.84. The molecule has 0 fully saturated rings. The van der Waals surface area contributed by atoms with Crippen LogP contribution in [-0.4, -0.2) is 38.9 Å². The summed E-state index contributed by atoms with van der Waals surface area (Å²) in [4.78, 5) is 0. The maximum Gasteiger partial charge on any atom is 0.322 e. The minimum atomic E-state index is -2.27. The van der Waals surface area contributed by atoms with Crippen LogP contribution in [0.3, 0.4) is 0 Å². The lowest BCUT2D eigenvalue weighted by Crippen LogP contribution is -2.54. The highest BCUT2D eigenvalue weighted by Gasteiger charge is 2.41. The van der Waals surface area contributed by atoms with E-state index in [4.69, 9.17) is 17.1 Å². The fourth-order valence-electron chi connectivity index (χ4n) is 3.66. The molecule has 0 aromatic rings. The summed E-state index contributed by atoms with van der Waals surface area (Å²) in [5.41, 5.74) is 0. The molecule has 0 aliphatic rings. The van der Waals surface area contributed by atoms with Crippen molar-refractivity contribution in [2.24, 2.45) is 0 Å². The molecule has 0 aromatic heterocycles. The summed E-state index contributed by atoms with van der Waals surface area (Å²) < 4.78 is 25.3. The van der Waals surface area contributed by atoms with Crippen LogP contribution in [0.4, 0.5) is 0 Å². The molecule has 0 heterocycles. The Balaban J connectivity index is 4.11. The number of unbranched alkanes of at least 4 members (excludes halogenated alkanes) is 10. The SMILES string of the molecule is CCCCCCCCO[Si](C)(C)O[Si](C)(C)O[Si](C)(C)OCCCCCCCC. The van der Waals surface area contributed by atoms with Gasteiger partial charge in [-0.15, -0.1) is 0 Å². The summed E-state index contributed by atoms with van der Waals surface area (Å²) in [6.07, 6.45) is 15.4. The zero-order valence-corrected chi connectivity index (χ0v) is 24.0. The molecule has 29 heavy (non-hydrogen) atoms. The van der Waals surface area contributed by atoms with Crippen LogP contribution in [0.2, 0.25) is 39.3 Å². The molecule has 0 N–H and O–H groups in total. The van der Waals surface area contributed by atoms with E-state index in [9.17, 15) is 0 Å².